The lowest BCUT2D eigenvalue weighted by molar-refractivity contribution is -0.122. The third-order valence-corrected chi connectivity index (χ3v) is 5.86. The van der Waals surface area contributed by atoms with E-state index in [-0.39, 0.29) is 5.91 Å². The summed E-state index contributed by atoms with van der Waals surface area (Å²) in [5.74, 6) is 0.553. The van der Waals surface area contributed by atoms with Gasteiger partial charge in [0.2, 0.25) is 0 Å². The molecule has 0 radical (unpaired) electrons. The van der Waals surface area contributed by atoms with Crippen LogP contribution in [0.2, 0.25) is 0 Å². The molecule has 0 bridgehead atoms. The second-order valence-corrected chi connectivity index (χ2v) is 8.47. The van der Waals surface area contributed by atoms with E-state index in [9.17, 15) is 4.79 Å². The molecule has 3 aromatic rings. The van der Waals surface area contributed by atoms with Crippen LogP contribution in [0.25, 0.3) is 12.2 Å². The molecule has 2 heterocycles. The lowest BCUT2D eigenvalue weighted by Crippen LogP contribution is -2.28. The molecule has 1 aromatic heterocycles. The molecule has 5 nitrogen and oxygen atoms in total. The maximum atomic E-state index is 13.0. The van der Waals surface area contributed by atoms with Gasteiger partial charge in [-0.3, -0.25) is 9.69 Å². The fraction of sp³-hybridized carbons (Fsp3) is 0.0417. The first kappa shape index (κ1) is 21.1. The molecule has 154 valence electrons. The van der Waals surface area contributed by atoms with Gasteiger partial charge in [-0.05, 0) is 59.3 Å². The van der Waals surface area contributed by atoms with Crippen molar-refractivity contribution in [1.29, 1.82) is 0 Å². The van der Waals surface area contributed by atoms with Crippen molar-refractivity contribution in [3.63, 3.8) is 0 Å². The molecule has 1 aliphatic rings. The molecule has 2 aromatic carbocycles. The number of carbonyl (C=O) groups excluding carboxylic acids is 1. The van der Waals surface area contributed by atoms with Gasteiger partial charge in [0.05, 0.1) is 17.7 Å². The molecule has 31 heavy (non-hydrogen) atoms. The second kappa shape index (κ2) is 10.2. The Morgan fingerprint density at radius 3 is 2.55 bits per heavy atom. The Hall–Kier alpha value is -3.16. The maximum Gasteiger partial charge on any atom is 0.267 e. The zero-order valence-electron chi connectivity index (χ0n) is 16.4. The molecule has 0 unspecified atom stereocenters. The topological polar surface area (TPSA) is 58.2 Å². The van der Waals surface area contributed by atoms with Gasteiger partial charge in [-0.2, -0.15) is 5.10 Å². The summed E-state index contributed by atoms with van der Waals surface area (Å²) in [5, 5.41) is 8.93. The van der Waals surface area contributed by atoms with E-state index in [1.807, 2.05) is 78.9 Å². The lowest BCUT2D eigenvalue weighted by Gasteiger charge is -2.12. The van der Waals surface area contributed by atoms with Crippen LogP contribution in [0.15, 0.2) is 103 Å². The number of amides is 1. The molecule has 1 amide bonds. The SMILES string of the molecule is O=C1/C(=C/c2ccc(Br)cc2)S\C(=N/N=C/C=C/c2ccccc2)N1Cc1ccco1. The van der Waals surface area contributed by atoms with Gasteiger partial charge in [0.1, 0.15) is 5.76 Å². The summed E-state index contributed by atoms with van der Waals surface area (Å²) >= 11 is 4.72. The number of halogens is 1. The first-order chi connectivity index (χ1) is 15.2. The van der Waals surface area contributed by atoms with Crippen molar-refractivity contribution in [2.75, 3.05) is 0 Å². The Kier molecular flexibility index (Phi) is 6.96. The molecular weight excluding hydrogens is 474 g/mol. The van der Waals surface area contributed by atoms with E-state index in [1.54, 1.807) is 23.4 Å². The standard InChI is InChI=1S/C24H18BrN3O2S/c25-20-12-10-19(11-13-20)16-22-23(29)28(17-21-9-5-15-30-21)24(31-22)27-26-14-4-8-18-6-2-1-3-7-18/h1-16H,17H2/b8-4+,22-16-,26-14+,27-24-. The number of hydrogen-bond donors (Lipinski definition) is 0. The number of benzene rings is 2. The van der Waals surface area contributed by atoms with Gasteiger partial charge in [-0.15, -0.1) is 5.10 Å². The van der Waals surface area contributed by atoms with Crippen LogP contribution in [-0.4, -0.2) is 22.2 Å². The van der Waals surface area contributed by atoms with Crippen molar-refractivity contribution in [2.45, 2.75) is 6.54 Å². The number of amidine groups is 1. The van der Waals surface area contributed by atoms with Crippen LogP contribution < -0.4 is 0 Å². The van der Waals surface area contributed by atoms with Crippen molar-refractivity contribution < 1.29 is 9.21 Å². The van der Waals surface area contributed by atoms with Crippen molar-refractivity contribution in [3.8, 4) is 0 Å². The summed E-state index contributed by atoms with van der Waals surface area (Å²) < 4.78 is 6.40. The number of carbonyl (C=O) groups is 1. The number of nitrogens with zero attached hydrogens (tertiary/aromatic N) is 3. The highest BCUT2D eigenvalue weighted by Gasteiger charge is 2.34. The summed E-state index contributed by atoms with van der Waals surface area (Å²) in [6.07, 6.45) is 8.81. The zero-order valence-corrected chi connectivity index (χ0v) is 18.8. The van der Waals surface area contributed by atoms with E-state index >= 15 is 0 Å². The Morgan fingerprint density at radius 1 is 1.00 bits per heavy atom. The van der Waals surface area contributed by atoms with Crippen LogP contribution in [0, 0.1) is 0 Å². The Balaban J connectivity index is 1.54. The highest BCUT2D eigenvalue weighted by Crippen LogP contribution is 2.34. The van der Waals surface area contributed by atoms with E-state index in [0.717, 1.165) is 15.6 Å². The minimum atomic E-state index is -0.127. The number of allylic oxidation sites excluding steroid dienone is 1. The van der Waals surface area contributed by atoms with Crippen LogP contribution in [0.4, 0.5) is 0 Å². The van der Waals surface area contributed by atoms with Crippen LogP contribution in [0.1, 0.15) is 16.9 Å². The smallest absolute Gasteiger partial charge is 0.267 e. The Bertz CT molecular complexity index is 1150. The minimum Gasteiger partial charge on any atom is -0.467 e. The van der Waals surface area contributed by atoms with E-state index < -0.39 is 0 Å². The first-order valence-electron chi connectivity index (χ1n) is 9.51. The number of rotatable bonds is 6. The minimum absolute atomic E-state index is 0.127. The third-order valence-electron chi connectivity index (χ3n) is 4.33. The van der Waals surface area contributed by atoms with Gasteiger partial charge in [-0.25, -0.2) is 0 Å². The van der Waals surface area contributed by atoms with Crippen molar-refractivity contribution in [3.05, 3.63) is 105 Å². The first-order valence-corrected chi connectivity index (χ1v) is 11.1. The van der Waals surface area contributed by atoms with E-state index in [2.05, 4.69) is 26.1 Å². The largest absolute Gasteiger partial charge is 0.467 e. The molecule has 0 saturated carbocycles. The highest BCUT2D eigenvalue weighted by atomic mass is 79.9. The van der Waals surface area contributed by atoms with Gasteiger partial charge in [0, 0.05) is 10.7 Å². The fourth-order valence-corrected chi connectivity index (χ4v) is 4.03. The second-order valence-electron chi connectivity index (χ2n) is 6.55. The van der Waals surface area contributed by atoms with Gasteiger partial charge in [0.25, 0.3) is 5.91 Å². The molecule has 7 heteroatoms. The summed E-state index contributed by atoms with van der Waals surface area (Å²) in [7, 11) is 0. The molecule has 1 aliphatic heterocycles. The average molecular weight is 492 g/mol. The number of thioether (sulfide) groups is 1. The Labute approximate surface area is 193 Å². The summed E-state index contributed by atoms with van der Waals surface area (Å²) in [4.78, 5) is 15.2. The van der Waals surface area contributed by atoms with Gasteiger partial charge in [0.15, 0.2) is 5.17 Å². The zero-order chi connectivity index (χ0) is 21.5. The molecule has 0 atom stereocenters. The molecule has 4 rings (SSSR count). The van der Waals surface area contributed by atoms with E-state index in [0.29, 0.717) is 22.4 Å². The predicted molar refractivity (Wildman–Crippen MR) is 130 cm³/mol. The Morgan fingerprint density at radius 2 is 1.81 bits per heavy atom. The number of furan rings is 1. The summed E-state index contributed by atoms with van der Waals surface area (Å²) in [5.41, 5.74) is 2.01. The van der Waals surface area contributed by atoms with Gasteiger partial charge in [-0.1, -0.05) is 64.5 Å². The molecule has 0 N–H and O–H groups in total. The quantitative estimate of drug-likeness (QED) is 0.233. The molecule has 1 fully saturated rings. The average Bonchev–Trinajstić information content (AvgIpc) is 3.40. The fourth-order valence-electron chi connectivity index (χ4n) is 2.83. The molecule has 1 saturated heterocycles. The predicted octanol–water partition coefficient (Wildman–Crippen LogP) is 6.21. The normalized spacial score (nSPS) is 17.1. The van der Waals surface area contributed by atoms with Crippen molar-refractivity contribution in [1.82, 2.24) is 4.90 Å². The monoisotopic (exact) mass is 491 g/mol. The molecule has 0 spiro atoms. The van der Waals surface area contributed by atoms with Crippen LogP contribution >= 0.6 is 27.7 Å². The summed E-state index contributed by atoms with van der Waals surface area (Å²) in [6, 6.07) is 21.3. The number of hydrogen-bond acceptors (Lipinski definition) is 5. The van der Waals surface area contributed by atoms with Gasteiger partial charge < -0.3 is 4.42 Å². The van der Waals surface area contributed by atoms with Crippen LogP contribution in [0.5, 0.6) is 0 Å². The van der Waals surface area contributed by atoms with Gasteiger partial charge >= 0.3 is 0 Å². The van der Waals surface area contributed by atoms with Crippen LogP contribution in [-0.2, 0) is 11.3 Å². The van der Waals surface area contributed by atoms with Crippen molar-refractivity contribution in [2.24, 2.45) is 10.2 Å². The maximum absolute atomic E-state index is 13.0. The summed E-state index contributed by atoms with van der Waals surface area (Å²) in [6.45, 7) is 0.296. The van der Waals surface area contributed by atoms with Crippen molar-refractivity contribution >= 4 is 57.1 Å². The molecule has 0 aliphatic carbocycles. The van der Waals surface area contributed by atoms with E-state index in [1.165, 1.54) is 11.8 Å². The highest BCUT2D eigenvalue weighted by molar-refractivity contribution is 9.10. The lowest BCUT2D eigenvalue weighted by atomic mass is 10.2. The van der Waals surface area contributed by atoms with Crippen LogP contribution in [0.3, 0.4) is 0 Å². The third kappa shape index (κ3) is 5.71. The van der Waals surface area contributed by atoms with E-state index in [4.69, 9.17) is 4.42 Å². The molecular formula is C24H18BrN3O2S.